The minimum absolute atomic E-state index is 0.659. The number of hydrogen-bond donors (Lipinski definition) is 3. The summed E-state index contributed by atoms with van der Waals surface area (Å²) in [4.78, 5) is 11.7. The lowest BCUT2D eigenvalue weighted by Crippen LogP contribution is -2.37. The van der Waals surface area contributed by atoms with Gasteiger partial charge in [0, 0.05) is 55.2 Å². The van der Waals surface area contributed by atoms with E-state index in [-0.39, 0.29) is 0 Å². The van der Waals surface area contributed by atoms with Gasteiger partial charge in [0.2, 0.25) is 0 Å². The van der Waals surface area contributed by atoms with Gasteiger partial charge < -0.3 is 21.5 Å². The second kappa shape index (κ2) is 10.8. The maximum atomic E-state index is 5.89. The molecule has 7 nitrogen and oxygen atoms in total. The third kappa shape index (κ3) is 5.51. The van der Waals surface area contributed by atoms with Crippen molar-refractivity contribution in [1.29, 1.82) is 0 Å². The molecule has 0 radical (unpaired) electrons. The standard InChI is InChI=1S/C21H30N6O/c22-6-3-7-25-21-14-20(26-19-5-2-1-4-18(19)21)17(15-23)16-24-8-9-27-10-12-28-13-11-27/h1-2,4-5,14-16H,3,6-13,22-23H2,(H,25,26)/b17-15+,24-16?. The zero-order chi connectivity index (χ0) is 19.6. The molecule has 0 saturated carbocycles. The first-order valence-corrected chi connectivity index (χ1v) is 9.87. The Morgan fingerprint density at radius 2 is 2.11 bits per heavy atom. The molecule has 0 aliphatic carbocycles. The monoisotopic (exact) mass is 382 g/mol. The molecule has 1 aromatic heterocycles. The van der Waals surface area contributed by atoms with Crippen molar-refractivity contribution < 1.29 is 4.74 Å². The average molecular weight is 383 g/mol. The number of para-hydroxylation sites is 1. The summed E-state index contributed by atoms with van der Waals surface area (Å²) in [7, 11) is 0. The number of aromatic nitrogens is 1. The molecule has 7 heteroatoms. The predicted octanol–water partition coefficient (Wildman–Crippen LogP) is 1.70. The summed E-state index contributed by atoms with van der Waals surface area (Å²) in [5, 5.41) is 4.55. The Kier molecular flexibility index (Phi) is 7.78. The van der Waals surface area contributed by atoms with Crippen LogP contribution >= 0.6 is 0 Å². The average Bonchev–Trinajstić information content (AvgIpc) is 2.74. The molecule has 1 aliphatic rings. The van der Waals surface area contributed by atoms with Crippen molar-refractivity contribution in [3.63, 3.8) is 0 Å². The number of fused-ring (bicyclic) bond motifs is 1. The molecule has 150 valence electrons. The zero-order valence-corrected chi connectivity index (χ0v) is 16.3. The van der Waals surface area contributed by atoms with Gasteiger partial charge in [0.15, 0.2) is 0 Å². The highest BCUT2D eigenvalue weighted by molar-refractivity contribution is 6.10. The number of allylic oxidation sites excluding steroid dienone is 1. The van der Waals surface area contributed by atoms with E-state index in [1.807, 2.05) is 30.5 Å². The van der Waals surface area contributed by atoms with E-state index in [2.05, 4.69) is 21.3 Å². The van der Waals surface area contributed by atoms with Gasteiger partial charge in [0.1, 0.15) is 0 Å². The molecular formula is C21H30N6O. The molecule has 1 aliphatic heterocycles. The summed E-state index contributed by atoms with van der Waals surface area (Å²) in [6.07, 6.45) is 4.30. The number of anilines is 1. The molecule has 1 saturated heterocycles. The van der Waals surface area contributed by atoms with Crippen LogP contribution in [-0.2, 0) is 4.74 Å². The first-order valence-electron chi connectivity index (χ1n) is 9.87. The Bertz CT molecular complexity index is 814. The van der Waals surface area contributed by atoms with Crippen LogP contribution in [0.15, 0.2) is 41.5 Å². The molecule has 1 fully saturated rings. The van der Waals surface area contributed by atoms with Gasteiger partial charge in [-0.1, -0.05) is 18.2 Å². The van der Waals surface area contributed by atoms with Gasteiger partial charge in [-0.2, -0.15) is 0 Å². The van der Waals surface area contributed by atoms with Gasteiger partial charge in [-0.05, 0) is 25.1 Å². The lowest BCUT2D eigenvalue weighted by molar-refractivity contribution is 0.0395. The van der Waals surface area contributed by atoms with Gasteiger partial charge in [-0.3, -0.25) is 9.89 Å². The second-order valence-electron chi connectivity index (χ2n) is 6.75. The summed E-state index contributed by atoms with van der Waals surface area (Å²) < 4.78 is 5.37. The van der Waals surface area contributed by atoms with E-state index < -0.39 is 0 Å². The van der Waals surface area contributed by atoms with Gasteiger partial charge >= 0.3 is 0 Å². The Morgan fingerprint density at radius 1 is 1.29 bits per heavy atom. The van der Waals surface area contributed by atoms with Crippen molar-refractivity contribution in [2.24, 2.45) is 16.5 Å². The lowest BCUT2D eigenvalue weighted by atomic mass is 10.1. The fraction of sp³-hybridized carbons (Fsp3) is 0.429. The number of nitrogens with zero attached hydrogens (tertiary/aromatic N) is 3. The number of nitrogens with two attached hydrogens (primary N) is 2. The van der Waals surface area contributed by atoms with Gasteiger partial charge in [0.05, 0.1) is 31.0 Å². The van der Waals surface area contributed by atoms with Crippen molar-refractivity contribution >= 4 is 28.4 Å². The third-order valence-electron chi connectivity index (χ3n) is 4.77. The Labute approximate surface area is 166 Å². The van der Waals surface area contributed by atoms with Crippen LogP contribution in [0.3, 0.4) is 0 Å². The van der Waals surface area contributed by atoms with E-state index in [9.17, 15) is 0 Å². The molecule has 0 unspecified atom stereocenters. The summed E-state index contributed by atoms with van der Waals surface area (Å²) in [6.45, 7) is 6.68. The maximum absolute atomic E-state index is 5.89. The van der Waals surface area contributed by atoms with Crippen LogP contribution in [0, 0.1) is 0 Å². The minimum atomic E-state index is 0.659. The van der Waals surface area contributed by atoms with Crippen LogP contribution in [0.5, 0.6) is 0 Å². The van der Waals surface area contributed by atoms with E-state index in [0.29, 0.717) is 6.54 Å². The number of morpholine rings is 1. The van der Waals surface area contributed by atoms with Crippen molar-refractivity contribution in [3.8, 4) is 0 Å². The van der Waals surface area contributed by atoms with E-state index in [1.54, 1.807) is 6.20 Å². The smallest absolute Gasteiger partial charge is 0.0760 e. The normalized spacial score (nSPS) is 16.1. The van der Waals surface area contributed by atoms with Gasteiger partial charge in [-0.25, -0.2) is 4.98 Å². The van der Waals surface area contributed by atoms with Crippen molar-refractivity contribution in [2.45, 2.75) is 6.42 Å². The SMILES string of the molecule is N/C=C(\C=NCCN1CCOCC1)c1cc(NCCCN)c2ccccc2n1. The molecule has 0 bridgehead atoms. The van der Waals surface area contributed by atoms with Crippen molar-refractivity contribution in [1.82, 2.24) is 9.88 Å². The van der Waals surface area contributed by atoms with Crippen molar-refractivity contribution in [3.05, 3.63) is 42.2 Å². The Morgan fingerprint density at radius 3 is 2.89 bits per heavy atom. The fourth-order valence-electron chi connectivity index (χ4n) is 3.18. The summed E-state index contributed by atoms with van der Waals surface area (Å²) in [6, 6.07) is 10.1. The quantitative estimate of drug-likeness (QED) is 0.451. The minimum Gasteiger partial charge on any atom is -0.404 e. The molecule has 2 aromatic rings. The molecule has 5 N–H and O–H groups in total. The highest BCUT2D eigenvalue weighted by Gasteiger charge is 2.10. The summed E-state index contributed by atoms with van der Waals surface area (Å²) >= 11 is 0. The summed E-state index contributed by atoms with van der Waals surface area (Å²) in [5.74, 6) is 0. The maximum Gasteiger partial charge on any atom is 0.0760 e. The number of pyridine rings is 1. The number of nitrogens with one attached hydrogen (secondary N) is 1. The highest BCUT2D eigenvalue weighted by Crippen LogP contribution is 2.25. The van der Waals surface area contributed by atoms with E-state index >= 15 is 0 Å². The molecule has 0 atom stereocenters. The molecule has 2 heterocycles. The van der Waals surface area contributed by atoms with E-state index in [0.717, 1.165) is 80.2 Å². The largest absolute Gasteiger partial charge is 0.404 e. The molecule has 28 heavy (non-hydrogen) atoms. The van der Waals surface area contributed by atoms with Gasteiger partial charge in [-0.15, -0.1) is 0 Å². The van der Waals surface area contributed by atoms with Crippen molar-refractivity contribution in [2.75, 3.05) is 57.8 Å². The molecular weight excluding hydrogens is 352 g/mol. The number of benzene rings is 1. The Hall–Kier alpha value is -2.48. The molecule has 0 spiro atoms. The number of hydrogen-bond acceptors (Lipinski definition) is 7. The number of ether oxygens (including phenoxy) is 1. The van der Waals surface area contributed by atoms with Gasteiger partial charge in [0.25, 0.3) is 0 Å². The Balaban J connectivity index is 1.72. The molecule has 1 aromatic carbocycles. The van der Waals surface area contributed by atoms with Crippen LogP contribution in [0.25, 0.3) is 16.5 Å². The third-order valence-corrected chi connectivity index (χ3v) is 4.77. The zero-order valence-electron chi connectivity index (χ0n) is 16.3. The van der Waals surface area contributed by atoms with Crippen LogP contribution < -0.4 is 16.8 Å². The van der Waals surface area contributed by atoms with Crippen LogP contribution in [0.4, 0.5) is 5.69 Å². The highest BCUT2D eigenvalue weighted by atomic mass is 16.5. The lowest BCUT2D eigenvalue weighted by Gasteiger charge is -2.25. The molecule has 3 rings (SSSR count). The number of aliphatic imine (C=N–C) groups is 1. The topological polar surface area (TPSA) is 102 Å². The second-order valence-corrected chi connectivity index (χ2v) is 6.75. The summed E-state index contributed by atoms with van der Waals surface area (Å²) in [5.41, 5.74) is 15.1. The van der Waals surface area contributed by atoms with E-state index in [1.165, 1.54) is 0 Å². The van der Waals surface area contributed by atoms with E-state index in [4.69, 9.17) is 21.2 Å². The molecule has 0 amide bonds. The number of rotatable bonds is 9. The fourth-order valence-corrected chi connectivity index (χ4v) is 3.18. The van der Waals surface area contributed by atoms with Crippen LogP contribution in [-0.4, -0.2) is 68.6 Å². The predicted molar refractivity (Wildman–Crippen MR) is 117 cm³/mol. The first-order chi connectivity index (χ1) is 13.8. The van der Waals surface area contributed by atoms with Crippen LogP contribution in [0.1, 0.15) is 12.1 Å². The van der Waals surface area contributed by atoms with Crippen LogP contribution in [0.2, 0.25) is 0 Å². The first kappa shape index (κ1) is 20.3.